The fraction of sp³-hybridized carbons (Fsp3) is 0.556. The van der Waals surface area contributed by atoms with Crippen molar-refractivity contribution in [3.63, 3.8) is 0 Å². The molecule has 0 radical (unpaired) electrons. The molecule has 1 spiro atoms. The van der Waals surface area contributed by atoms with Crippen LogP contribution in [0.4, 0.5) is 0 Å². The molecule has 8 rings (SSSR count). The van der Waals surface area contributed by atoms with Crippen molar-refractivity contribution in [2.45, 2.75) is 88.3 Å². The lowest BCUT2D eigenvalue weighted by Crippen LogP contribution is -2.65. The first-order valence-corrected chi connectivity index (χ1v) is 16.6. The first-order valence-electron chi connectivity index (χ1n) is 16.6. The molecule has 43 heavy (non-hydrogen) atoms. The lowest BCUT2D eigenvalue weighted by Gasteiger charge is -2.58. The third-order valence-electron chi connectivity index (χ3n) is 11.5. The number of aromatic amines is 1. The van der Waals surface area contributed by atoms with Gasteiger partial charge in [0.25, 0.3) is 0 Å². The Morgan fingerprint density at radius 3 is 2.81 bits per heavy atom. The number of H-pyrrole nitrogens is 1. The van der Waals surface area contributed by atoms with Crippen molar-refractivity contribution in [1.82, 2.24) is 19.8 Å². The highest BCUT2D eigenvalue weighted by atomic mass is 16.3. The Bertz CT molecular complexity index is 1630. The molecule has 3 fully saturated rings. The number of Topliss-reactive ketones (excluding diaryl/α,β-unsaturated/α-hetero) is 1. The largest absolute Gasteiger partial charge is 0.508 e. The van der Waals surface area contributed by atoms with Crippen LogP contribution in [0.3, 0.4) is 0 Å². The Kier molecular flexibility index (Phi) is 6.77. The van der Waals surface area contributed by atoms with Gasteiger partial charge >= 0.3 is 0 Å². The van der Waals surface area contributed by atoms with Gasteiger partial charge in [-0.3, -0.25) is 14.7 Å². The van der Waals surface area contributed by atoms with E-state index in [1.807, 2.05) is 24.4 Å². The van der Waals surface area contributed by atoms with Gasteiger partial charge in [0.2, 0.25) is 0 Å². The second-order valence-corrected chi connectivity index (χ2v) is 14.1. The van der Waals surface area contributed by atoms with E-state index >= 15 is 0 Å². The number of aliphatic hydroxyl groups is 1. The van der Waals surface area contributed by atoms with Gasteiger partial charge in [-0.05, 0) is 119 Å². The minimum atomic E-state index is -1.00. The summed E-state index contributed by atoms with van der Waals surface area (Å²) >= 11 is 0. The van der Waals surface area contributed by atoms with Crippen LogP contribution < -0.4 is 0 Å². The highest BCUT2D eigenvalue weighted by molar-refractivity contribution is 6.10. The summed E-state index contributed by atoms with van der Waals surface area (Å²) in [7, 11) is 0. The van der Waals surface area contributed by atoms with Crippen molar-refractivity contribution < 1.29 is 15.0 Å². The summed E-state index contributed by atoms with van der Waals surface area (Å²) in [5.41, 5.74) is 2.98. The van der Waals surface area contributed by atoms with Crippen molar-refractivity contribution in [3.05, 3.63) is 54.4 Å². The lowest BCUT2D eigenvalue weighted by molar-refractivity contribution is -0.120. The number of aromatic nitrogens is 2. The van der Waals surface area contributed by atoms with Crippen molar-refractivity contribution >= 4 is 33.2 Å². The van der Waals surface area contributed by atoms with Gasteiger partial charge in [-0.1, -0.05) is 12.2 Å². The van der Waals surface area contributed by atoms with E-state index in [2.05, 4.69) is 33.0 Å². The van der Waals surface area contributed by atoms with Gasteiger partial charge in [-0.15, -0.1) is 0 Å². The van der Waals surface area contributed by atoms with Gasteiger partial charge in [0.1, 0.15) is 11.5 Å². The molecule has 2 aromatic heterocycles. The fourth-order valence-corrected chi connectivity index (χ4v) is 9.90. The molecule has 5 aliphatic rings. The minimum Gasteiger partial charge on any atom is -0.508 e. The van der Waals surface area contributed by atoms with E-state index in [0.717, 1.165) is 92.2 Å². The van der Waals surface area contributed by atoms with Gasteiger partial charge in [-0.25, -0.2) is 0 Å². The quantitative estimate of drug-likeness (QED) is 0.308. The molecular formula is C36H44N4O3. The standard InChI is InChI=1S/C36H44N4O3/c41-25-8-7-18-40-24(9-10-25)21-35-23-39-17-6-4-2-1-3-5-15-36(43,34(35)40)22-29(30(35)14-19-39)32-33-27(13-16-37-32)28-20-26(42)11-12-31(28)38-33/h1,3,11-13,16,20,22,24,30,34,38,42-43H,2,4-10,14-15,17-19,21,23H2/t24?,30-,34+,35-,36-/m0/s1. The number of benzene rings is 1. The SMILES string of the molecule is O=C1CCCN2C(CC1)C[C@]13CN4CCCCC=CCC[C@](O)(C=C(c5nccc6c5[nH]c5ccc(O)cc56)[C@@H]1CC4)[C@H]23. The molecule has 6 heterocycles. The molecule has 1 aliphatic carbocycles. The molecule has 3 N–H and O–H groups in total. The summed E-state index contributed by atoms with van der Waals surface area (Å²) < 4.78 is 0. The molecule has 0 saturated carbocycles. The Labute approximate surface area is 253 Å². The molecule has 3 saturated heterocycles. The summed E-state index contributed by atoms with van der Waals surface area (Å²) in [6, 6.07) is 7.88. The Morgan fingerprint density at radius 1 is 0.977 bits per heavy atom. The first-order chi connectivity index (χ1) is 21.0. The fourth-order valence-electron chi connectivity index (χ4n) is 9.90. The number of nitrogens with zero attached hydrogens (tertiary/aromatic N) is 3. The maximum atomic E-state index is 13.1. The molecule has 1 aromatic carbocycles. The summed E-state index contributed by atoms with van der Waals surface area (Å²) in [6.07, 6.45) is 18.9. The Hall–Kier alpha value is -3.00. The molecule has 7 heteroatoms. The molecule has 4 aliphatic heterocycles. The number of hydrogen-bond donors (Lipinski definition) is 3. The van der Waals surface area contributed by atoms with Gasteiger partial charge < -0.3 is 20.1 Å². The maximum Gasteiger partial charge on any atom is 0.133 e. The Balaban J connectivity index is 1.33. The predicted octanol–water partition coefficient (Wildman–Crippen LogP) is 5.96. The van der Waals surface area contributed by atoms with Crippen molar-refractivity contribution in [2.24, 2.45) is 11.3 Å². The number of carbonyl (C=O) groups excluding carboxylic acids is 1. The van der Waals surface area contributed by atoms with E-state index in [1.165, 1.54) is 18.4 Å². The van der Waals surface area contributed by atoms with E-state index in [1.54, 1.807) is 6.07 Å². The highest BCUT2D eigenvalue weighted by Gasteiger charge is 2.66. The first kappa shape index (κ1) is 27.5. The van der Waals surface area contributed by atoms with Crippen LogP contribution in [-0.4, -0.2) is 79.6 Å². The van der Waals surface area contributed by atoms with Crippen molar-refractivity contribution in [2.75, 3.05) is 26.2 Å². The molecule has 3 aromatic rings. The molecule has 7 nitrogen and oxygen atoms in total. The zero-order valence-electron chi connectivity index (χ0n) is 25.1. The Morgan fingerprint density at radius 2 is 1.88 bits per heavy atom. The summed E-state index contributed by atoms with van der Waals surface area (Å²) in [5, 5.41) is 25.4. The van der Waals surface area contributed by atoms with E-state index in [0.29, 0.717) is 31.1 Å². The topological polar surface area (TPSA) is 92.7 Å². The molecular weight excluding hydrogens is 536 g/mol. The number of phenolic OH excluding ortho intramolecular Hbond substituents is 1. The molecule has 2 unspecified atom stereocenters. The van der Waals surface area contributed by atoms with E-state index in [4.69, 9.17) is 4.98 Å². The number of pyridine rings is 1. The van der Waals surface area contributed by atoms with Crippen molar-refractivity contribution in [1.29, 1.82) is 0 Å². The number of ketones is 1. The number of phenols is 1. The third-order valence-corrected chi connectivity index (χ3v) is 11.5. The van der Waals surface area contributed by atoms with Crippen LogP contribution in [0.25, 0.3) is 27.4 Å². The van der Waals surface area contributed by atoms with Crippen LogP contribution in [0.1, 0.15) is 76.3 Å². The number of piperidine rings is 1. The number of nitrogens with one attached hydrogen (secondary N) is 1. The molecule has 6 atom stereocenters. The summed E-state index contributed by atoms with van der Waals surface area (Å²) in [5.74, 6) is 0.929. The highest BCUT2D eigenvalue weighted by Crippen LogP contribution is 2.62. The second-order valence-electron chi connectivity index (χ2n) is 14.1. The van der Waals surface area contributed by atoms with Gasteiger partial charge in [0.05, 0.1) is 16.8 Å². The lowest BCUT2D eigenvalue weighted by atomic mass is 9.54. The zero-order chi connectivity index (χ0) is 29.2. The van der Waals surface area contributed by atoms with E-state index < -0.39 is 5.60 Å². The van der Waals surface area contributed by atoms with Crippen LogP contribution in [-0.2, 0) is 4.79 Å². The number of carbonyl (C=O) groups is 1. The normalized spacial score (nSPS) is 35.4. The number of aromatic hydroxyl groups is 1. The van der Waals surface area contributed by atoms with E-state index in [9.17, 15) is 15.0 Å². The van der Waals surface area contributed by atoms with Gasteiger partial charge in [0.15, 0.2) is 0 Å². The minimum absolute atomic E-state index is 0.0303. The third kappa shape index (κ3) is 4.49. The summed E-state index contributed by atoms with van der Waals surface area (Å²) in [4.78, 5) is 26.7. The number of allylic oxidation sites excluding steroid dienone is 3. The maximum absolute atomic E-state index is 13.1. The van der Waals surface area contributed by atoms with Crippen LogP contribution in [0.5, 0.6) is 5.75 Å². The number of rotatable bonds is 1. The second kappa shape index (κ2) is 10.6. The summed E-state index contributed by atoms with van der Waals surface area (Å²) in [6.45, 7) is 4.04. The molecule has 3 bridgehead atoms. The van der Waals surface area contributed by atoms with Crippen LogP contribution in [0.2, 0.25) is 0 Å². The van der Waals surface area contributed by atoms with Gasteiger partial charge in [0, 0.05) is 59.4 Å². The number of fused-ring (bicyclic) bond motifs is 5. The number of hydrogen-bond acceptors (Lipinski definition) is 6. The van der Waals surface area contributed by atoms with Gasteiger partial charge in [-0.2, -0.15) is 0 Å². The van der Waals surface area contributed by atoms with Crippen LogP contribution in [0, 0.1) is 11.3 Å². The smallest absolute Gasteiger partial charge is 0.133 e. The molecule has 226 valence electrons. The van der Waals surface area contributed by atoms with E-state index in [-0.39, 0.29) is 23.1 Å². The van der Waals surface area contributed by atoms with Crippen LogP contribution >= 0.6 is 0 Å². The van der Waals surface area contributed by atoms with Crippen LogP contribution in [0.15, 0.2) is 48.7 Å². The zero-order valence-corrected chi connectivity index (χ0v) is 25.1. The predicted molar refractivity (Wildman–Crippen MR) is 170 cm³/mol. The average molecular weight is 581 g/mol. The monoisotopic (exact) mass is 580 g/mol. The average Bonchev–Trinajstić information content (AvgIpc) is 3.51. The molecule has 0 amide bonds. The van der Waals surface area contributed by atoms with Crippen molar-refractivity contribution in [3.8, 4) is 5.75 Å².